The van der Waals surface area contributed by atoms with E-state index in [9.17, 15) is 0 Å². The molecule has 23 heavy (non-hydrogen) atoms. The van der Waals surface area contributed by atoms with Gasteiger partial charge in [-0.15, -0.1) is 0 Å². The van der Waals surface area contributed by atoms with Crippen molar-refractivity contribution in [3.63, 3.8) is 0 Å². The van der Waals surface area contributed by atoms with Crippen LogP contribution in [0, 0.1) is 5.92 Å². The van der Waals surface area contributed by atoms with Crippen LogP contribution in [0.25, 0.3) is 11.0 Å². The molecule has 126 valence electrons. The average Bonchev–Trinajstić information content (AvgIpc) is 2.97. The van der Waals surface area contributed by atoms with Gasteiger partial charge in [0.1, 0.15) is 17.1 Å². The van der Waals surface area contributed by atoms with Gasteiger partial charge >= 0.3 is 0 Å². The average molecular weight is 317 g/mol. The van der Waals surface area contributed by atoms with Gasteiger partial charge in [-0.05, 0) is 37.9 Å². The first-order chi connectivity index (χ1) is 11.3. The monoisotopic (exact) mass is 317 g/mol. The minimum absolute atomic E-state index is 0.159. The summed E-state index contributed by atoms with van der Waals surface area (Å²) in [5, 5.41) is 9.00. The maximum absolute atomic E-state index is 9.00. The van der Waals surface area contributed by atoms with E-state index in [1.165, 1.54) is 32.1 Å². The van der Waals surface area contributed by atoms with Gasteiger partial charge in [0.2, 0.25) is 0 Å². The van der Waals surface area contributed by atoms with Crippen LogP contribution in [0.2, 0.25) is 0 Å². The molecule has 2 aromatic rings. The van der Waals surface area contributed by atoms with Crippen LogP contribution < -0.4 is 4.74 Å². The number of aromatic amines is 1. The number of aliphatic hydroxyl groups excluding tert-OH is 1. The molecule has 1 fully saturated rings. The highest BCUT2D eigenvalue weighted by molar-refractivity contribution is 5.81. The van der Waals surface area contributed by atoms with Gasteiger partial charge in [0.05, 0.1) is 25.3 Å². The molecular weight excluding hydrogens is 290 g/mol. The fraction of sp³-hybridized carbons (Fsp3) is 0.611. The Morgan fingerprint density at radius 2 is 2.13 bits per heavy atom. The van der Waals surface area contributed by atoms with Crippen LogP contribution in [0.1, 0.15) is 37.9 Å². The number of hydrogen-bond donors (Lipinski definition) is 2. The molecule has 0 bridgehead atoms. The third kappa shape index (κ3) is 4.24. The maximum atomic E-state index is 9.00. The lowest BCUT2D eigenvalue weighted by Gasteiger charge is -2.21. The number of H-pyrrole nitrogens is 1. The number of benzene rings is 1. The summed E-state index contributed by atoms with van der Waals surface area (Å²) < 4.78 is 6.09. The van der Waals surface area contributed by atoms with Crippen molar-refractivity contribution >= 4 is 11.0 Å². The van der Waals surface area contributed by atoms with Crippen molar-refractivity contribution < 1.29 is 9.84 Å². The van der Waals surface area contributed by atoms with Crippen molar-refractivity contribution in [2.45, 2.75) is 38.6 Å². The Morgan fingerprint density at radius 3 is 2.91 bits per heavy atom. The molecule has 1 aliphatic carbocycles. The van der Waals surface area contributed by atoms with Crippen molar-refractivity contribution in [3.05, 3.63) is 24.0 Å². The summed E-state index contributed by atoms with van der Waals surface area (Å²) in [4.78, 5) is 10.1. The van der Waals surface area contributed by atoms with E-state index in [1.54, 1.807) is 0 Å². The highest BCUT2D eigenvalue weighted by atomic mass is 16.5. The third-order valence-corrected chi connectivity index (χ3v) is 4.63. The molecule has 2 N–H and O–H groups in total. The Bertz CT molecular complexity index is 620. The largest absolute Gasteiger partial charge is 0.491 e. The molecule has 5 heteroatoms. The molecule has 3 rings (SSSR count). The van der Waals surface area contributed by atoms with E-state index in [1.807, 2.05) is 30.1 Å². The fourth-order valence-corrected chi connectivity index (χ4v) is 3.32. The molecule has 1 aromatic heterocycles. The number of ether oxygens (including phenoxy) is 1. The van der Waals surface area contributed by atoms with Gasteiger partial charge in [0.25, 0.3) is 0 Å². The number of para-hydroxylation sites is 1. The lowest BCUT2D eigenvalue weighted by Crippen LogP contribution is -2.22. The van der Waals surface area contributed by atoms with Crippen molar-refractivity contribution in [2.75, 3.05) is 26.8 Å². The summed E-state index contributed by atoms with van der Waals surface area (Å²) >= 11 is 0. The van der Waals surface area contributed by atoms with Crippen LogP contribution >= 0.6 is 0 Å². The highest BCUT2D eigenvalue weighted by Crippen LogP contribution is 2.27. The zero-order valence-corrected chi connectivity index (χ0v) is 13.9. The van der Waals surface area contributed by atoms with Gasteiger partial charge in [0.15, 0.2) is 0 Å². The Morgan fingerprint density at radius 1 is 1.30 bits per heavy atom. The van der Waals surface area contributed by atoms with Crippen molar-refractivity contribution in [2.24, 2.45) is 5.92 Å². The second kappa shape index (κ2) is 7.79. The second-order valence-corrected chi connectivity index (χ2v) is 6.61. The normalized spacial score (nSPS) is 16.3. The number of rotatable bonds is 7. The van der Waals surface area contributed by atoms with Gasteiger partial charge < -0.3 is 14.8 Å². The first kappa shape index (κ1) is 16.3. The van der Waals surface area contributed by atoms with E-state index in [0.29, 0.717) is 19.0 Å². The number of likely N-dealkylation sites (N-methyl/N-ethyl adjacent to an activating group) is 1. The number of nitrogens with one attached hydrogen (secondary N) is 1. The van der Waals surface area contributed by atoms with Gasteiger partial charge in [0, 0.05) is 6.54 Å². The van der Waals surface area contributed by atoms with E-state index in [-0.39, 0.29) is 6.61 Å². The first-order valence-corrected chi connectivity index (χ1v) is 8.66. The zero-order chi connectivity index (χ0) is 16.1. The highest BCUT2D eigenvalue weighted by Gasteiger charge is 2.15. The molecule has 0 amide bonds. The summed E-state index contributed by atoms with van der Waals surface area (Å²) in [5.41, 5.74) is 1.93. The van der Waals surface area contributed by atoms with E-state index >= 15 is 0 Å². The predicted octanol–water partition coefficient (Wildman–Crippen LogP) is 2.95. The van der Waals surface area contributed by atoms with Crippen LogP contribution in [0.5, 0.6) is 5.75 Å². The summed E-state index contributed by atoms with van der Waals surface area (Å²) in [7, 11) is 1.98. The van der Waals surface area contributed by atoms with Crippen molar-refractivity contribution in [3.8, 4) is 5.75 Å². The lowest BCUT2D eigenvalue weighted by atomic mass is 9.90. The van der Waals surface area contributed by atoms with Crippen molar-refractivity contribution in [1.29, 1.82) is 0 Å². The molecule has 5 nitrogen and oxygen atoms in total. The summed E-state index contributed by atoms with van der Waals surface area (Å²) in [5.74, 6) is 2.47. The lowest BCUT2D eigenvalue weighted by molar-refractivity contribution is 0.210. The van der Waals surface area contributed by atoms with Gasteiger partial charge in [-0.25, -0.2) is 4.98 Å². The topological polar surface area (TPSA) is 61.4 Å². The molecule has 0 unspecified atom stereocenters. The number of fused-ring (bicyclic) bond motifs is 1. The standard InChI is InChI=1S/C18H27N3O2/c1-21(10-11-22)12-17-19-15-8-5-9-16(18(15)20-17)23-13-14-6-3-2-4-7-14/h5,8-9,14,22H,2-4,6-7,10-13H2,1H3,(H,19,20). The third-order valence-electron chi connectivity index (χ3n) is 4.63. The molecule has 0 radical (unpaired) electrons. The Kier molecular flexibility index (Phi) is 5.51. The summed E-state index contributed by atoms with van der Waals surface area (Å²) in [6.07, 6.45) is 6.61. The number of aromatic nitrogens is 2. The van der Waals surface area contributed by atoms with Crippen LogP contribution in [-0.2, 0) is 6.54 Å². The number of hydrogen-bond acceptors (Lipinski definition) is 4. The van der Waals surface area contributed by atoms with E-state index in [2.05, 4.69) is 4.98 Å². The molecule has 0 saturated heterocycles. The number of nitrogens with zero attached hydrogens (tertiary/aromatic N) is 2. The van der Waals surface area contributed by atoms with Crippen LogP contribution in [0.4, 0.5) is 0 Å². The molecule has 1 heterocycles. The maximum Gasteiger partial charge on any atom is 0.147 e. The van der Waals surface area contributed by atoms with Gasteiger partial charge in [-0.3, -0.25) is 4.90 Å². The minimum Gasteiger partial charge on any atom is -0.491 e. The first-order valence-electron chi connectivity index (χ1n) is 8.66. The second-order valence-electron chi connectivity index (χ2n) is 6.61. The van der Waals surface area contributed by atoms with Crippen molar-refractivity contribution in [1.82, 2.24) is 14.9 Å². The summed E-state index contributed by atoms with van der Waals surface area (Å²) in [6, 6.07) is 6.05. The predicted molar refractivity (Wildman–Crippen MR) is 91.6 cm³/mol. The van der Waals surface area contributed by atoms with Crippen LogP contribution in [0.15, 0.2) is 18.2 Å². The molecular formula is C18H27N3O2. The fourth-order valence-electron chi connectivity index (χ4n) is 3.32. The molecule has 0 aliphatic heterocycles. The number of imidazole rings is 1. The Balaban J connectivity index is 1.68. The minimum atomic E-state index is 0.159. The van der Waals surface area contributed by atoms with Gasteiger partial charge in [-0.1, -0.05) is 25.3 Å². The van der Waals surface area contributed by atoms with E-state index < -0.39 is 0 Å². The zero-order valence-electron chi connectivity index (χ0n) is 13.9. The molecule has 1 aliphatic rings. The Labute approximate surface area is 137 Å². The molecule has 1 saturated carbocycles. The quantitative estimate of drug-likeness (QED) is 0.824. The van der Waals surface area contributed by atoms with Gasteiger partial charge in [-0.2, -0.15) is 0 Å². The number of aliphatic hydroxyl groups is 1. The molecule has 0 atom stereocenters. The van der Waals surface area contributed by atoms with E-state index in [0.717, 1.165) is 29.2 Å². The van der Waals surface area contributed by atoms with Crippen LogP contribution in [0.3, 0.4) is 0 Å². The Hall–Kier alpha value is -1.59. The smallest absolute Gasteiger partial charge is 0.147 e. The summed E-state index contributed by atoms with van der Waals surface area (Å²) in [6.45, 7) is 2.29. The SMILES string of the molecule is CN(CCO)Cc1nc2c(OCC3CCCCC3)cccc2[nH]1. The molecule has 1 aromatic carbocycles. The molecule has 0 spiro atoms. The van der Waals surface area contributed by atoms with E-state index in [4.69, 9.17) is 14.8 Å². The van der Waals surface area contributed by atoms with Crippen LogP contribution in [-0.4, -0.2) is 46.8 Å².